The van der Waals surface area contributed by atoms with E-state index >= 15 is 0 Å². The van der Waals surface area contributed by atoms with Gasteiger partial charge in [-0.25, -0.2) is 18.2 Å². The van der Waals surface area contributed by atoms with Crippen molar-refractivity contribution in [1.82, 2.24) is 9.29 Å². The average molecular weight is 290 g/mol. The van der Waals surface area contributed by atoms with Gasteiger partial charge in [0.25, 0.3) is 10.0 Å². The molecular weight excluding hydrogens is 276 g/mol. The molecule has 0 spiro atoms. The van der Waals surface area contributed by atoms with Crippen molar-refractivity contribution in [1.29, 1.82) is 0 Å². The number of carbonyl (C=O) groups is 1. The molecule has 0 atom stereocenters. The first-order chi connectivity index (χ1) is 8.32. The number of nitrogens with zero attached hydrogens (tertiary/aromatic N) is 2. The van der Waals surface area contributed by atoms with Gasteiger partial charge in [0.2, 0.25) is 0 Å². The van der Waals surface area contributed by atoms with Crippen LogP contribution in [0.15, 0.2) is 22.4 Å². The Morgan fingerprint density at radius 1 is 1.67 bits per heavy atom. The molecule has 0 fully saturated rings. The zero-order valence-corrected chi connectivity index (χ0v) is 11.7. The lowest BCUT2D eigenvalue weighted by Crippen LogP contribution is -2.37. The fraction of sp³-hybridized carbons (Fsp3) is 0.400. The van der Waals surface area contributed by atoms with E-state index in [0.29, 0.717) is 0 Å². The predicted molar refractivity (Wildman–Crippen MR) is 68.3 cm³/mol. The van der Waals surface area contributed by atoms with Crippen LogP contribution in [0.2, 0.25) is 0 Å². The second kappa shape index (κ2) is 5.59. The number of hydrogen-bond acceptors (Lipinski definition) is 5. The van der Waals surface area contributed by atoms with Gasteiger partial charge in [-0.2, -0.15) is 4.31 Å². The lowest BCUT2D eigenvalue weighted by atomic mass is 10.4. The molecule has 1 aromatic rings. The molecule has 1 aromatic heterocycles. The van der Waals surface area contributed by atoms with E-state index in [1.807, 2.05) is 0 Å². The van der Waals surface area contributed by atoms with E-state index in [0.717, 1.165) is 11.3 Å². The molecule has 0 saturated carbocycles. The fourth-order valence-electron chi connectivity index (χ4n) is 1.38. The van der Waals surface area contributed by atoms with Crippen LogP contribution in [-0.4, -0.2) is 41.4 Å². The summed E-state index contributed by atoms with van der Waals surface area (Å²) in [5.41, 5.74) is 0.776. The summed E-state index contributed by atoms with van der Waals surface area (Å²) in [5, 5.41) is 8.91. The van der Waals surface area contributed by atoms with Gasteiger partial charge in [-0.3, -0.25) is 0 Å². The Morgan fingerprint density at radius 3 is 2.72 bits per heavy atom. The Balaban J connectivity index is 3.31. The van der Waals surface area contributed by atoms with Crippen molar-refractivity contribution >= 4 is 27.3 Å². The van der Waals surface area contributed by atoms with E-state index in [1.54, 1.807) is 13.8 Å². The summed E-state index contributed by atoms with van der Waals surface area (Å²) in [4.78, 5) is 14.5. The van der Waals surface area contributed by atoms with E-state index in [-0.39, 0.29) is 16.8 Å². The molecule has 0 aromatic carbocycles. The topological polar surface area (TPSA) is 87.6 Å². The van der Waals surface area contributed by atoms with Gasteiger partial charge in [0.05, 0.1) is 5.51 Å². The van der Waals surface area contributed by atoms with E-state index in [2.05, 4.69) is 11.6 Å². The molecule has 6 nitrogen and oxygen atoms in total. The monoisotopic (exact) mass is 290 g/mol. The Bertz CT molecular complexity index is 548. The highest BCUT2D eigenvalue weighted by molar-refractivity contribution is 7.91. The van der Waals surface area contributed by atoms with Crippen LogP contribution in [0.25, 0.3) is 0 Å². The van der Waals surface area contributed by atoms with E-state index in [1.165, 1.54) is 15.9 Å². The molecule has 0 radical (unpaired) electrons. The summed E-state index contributed by atoms with van der Waals surface area (Å²) < 4.78 is 25.6. The molecule has 0 saturated heterocycles. The maximum absolute atomic E-state index is 12.3. The summed E-state index contributed by atoms with van der Waals surface area (Å²) >= 11 is 0.801. The van der Waals surface area contributed by atoms with Crippen LogP contribution >= 0.6 is 11.3 Å². The SMILES string of the molecule is C=CCN(C(C)C)S(=O)(=O)c1scnc1C(=O)O. The number of aromatic nitrogens is 1. The first-order valence-electron chi connectivity index (χ1n) is 5.12. The molecule has 0 aliphatic carbocycles. The van der Waals surface area contributed by atoms with Crippen LogP contribution in [0.3, 0.4) is 0 Å². The number of thiazole rings is 1. The molecule has 0 amide bonds. The van der Waals surface area contributed by atoms with Gasteiger partial charge in [-0.15, -0.1) is 17.9 Å². The smallest absolute Gasteiger partial charge is 0.356 e. The highest BCUT2D eigenvalue weighted by Crippen LogP contribution is 2.25. The molecular formula is C10H14N2O4S2. The second-order valence-corrected chi connectivity index (χ2v) is 6.69. The number of carboxylic acids is 1. The van der Waals surface area contributed by atoms with Gasteiger partial charge in [0.1, 0.15) is 0 Å². The summed E-state index contributed by atoms with van der Waals surface area (Å²) in [6.07, 6.45) is 1.46. The minimum Gasteiger partial charge on any atom is -0.476 e. The maximum atomic E-state index is 12.3. The molecule has 1 rings (SSSR count). The zero-order chi connectivity index (χ0) is 13.9. The third-order valence-corrected chi connectivity index (χ3v) is 5.55. The third kappa shape index (κ3) is 2.77. The largest absolute Gasteiger partial charge is 0.476 e. The van der Waals surface area contributed by atoms with Crippen molar-refractivity contribution in [3.05, 3.63) is 23.9 Å². The van der Waals surface area contributed by atoms with Crippen molar-refractivity contribution in [3.63, 3.8) is 0 Å². The maximum Gasteiger partial charge on any atom is 0.356 e. The normalized spacial score (nSPS) is 12.0. The predicted octanol–water partition coefficient (Wildman–Crippen LogP) is 1.43. The number of carboxylic acid groups (broad SMARTS) is 1. The molecule has 0 aliphatic heterocycles. The average Bonchev–Trinajstić information content (AvgIpc) is 2.74. The standard InChI is InChI=1S/C10H14N2O4S2/c1-4-5-12(7(2)3)18(15,16)10-8(9(13)14)11-6-17-10/h4,6-7H,1,5H2,2-3H3,(H,13,14). The van der Waals surface area contributed by atoms with Gasteiger partial charge in [-0.05, 0) is 13.8 Å². The molecule has 0 bridgehead atoms. The minimum atomic E-state index is -3.86. The van der Waals surface area contributed by atoms with E-state index < -0.39 is 21.7 Å². The van der Waals surface area contributed by atoms with Gasteiger partial charge in [0.15, 0.2) is 9.90 Å². The van der Waals surface area contributed by atoms with Gasteiger partial charge in [0, 0.05) is 12.6 Å². The van der Waals surface area contributed by atoms with Crippen LogP contribution in [0.5, 0.6) is 0 Å². The first kappa shape index (κ1) is 14.8. The number of rotatable bonds is 6. The molecule has 8 heteroatoms. The van der Waals surface area contributed by atoms with Gasteiger partial charge in [-0.1, -0.05) is 6.08 Å². The van der Waals surface area contributed by atoms with E-state index in [9.17, 15) is 13.2 Å². The summed E-state index contributed by atoms with van der Waals surface area (Å²) in [6, 6.07) is -0.295. The summed E-state index contributed by atoms with van der Waals surface area (Å²) in [5.74, 6) is -1.35. The van der Waals surface area contributed by atoms with Crippen LogP contribution in [0.1, 0.15) is 24.3 Å². The molecule has 1 N–H and O–H groups in total. The Morgan fingerprint density at radius 2 is 2.28 bits per heavy atom. The van der Waals surface area contributed by atoms with Crippen molar-refractivity contribution in [2.24, 2.45) is 0 Å². The molecule has 0 unspecified atom stereocenters. The number of aromatic carboxylic acids is 1. The lowest BCUT2D eigenvalue weighted by molar-refractivity contribution is 0.0687. The van der Waals surface area contributed by atoms with Crippen LogP contribution in [0, 0.1) is 0 Å². The van der Waals surface area contributed by atoms with Crippen molar-refractivity contribution in [2.75, 3.05) is 6.54 Å². The van der Waals surface area contributed by atoms with Crippen LogP contribution < -0.4 is 0 Å². The number of sulfonamides is 1. The van der Waals surface area contributed by atoms with Gasteiger partial charge >= 0.3 is 5.97 Å². The quantitative estimate of drug-likeness (QED) is 0.801. The molecule has 100 valence electrons. The van der Waals surface area contributed by atoms with Gasteiger partial charge < -0.3 is 5.11 Å². The van der Waals surface area contributed by atoms with Crippen molar-refractivity contribution in [2.45, 2.75) is 24.1 Å². The highest BCUT2D eigenvalue weighted by Gasteiger charge is 2.32. The Labute approximate surface area is 110 Å². The molecule has 18 heavy (non-hydrogen) atoms. The van der Waals surface area contributed by atoms with Crippen LogP contribution in [-0.2, 0) is 10.0 Å². The Hall–Kier alpha value is -1.25. The second-order valence-electron chi connectivity index (χ2n) is 3.75. The first-order valence-corrected chi connectivity index (χ1v) is 7.43. The molecule has 0 aliphatic rings. The summed E-state index contributed by atoms with van der Waals surface area (Å²) in [6.45, 7) is 7.04. The fourth-order valence-corrected chi connectivity index (χ4v) is 4.24. The van der Waals surface area contributed by atoms with E-state index in [4.69, 9.17) is 5.11 Å². The summed E-state index contributed by atoms with van der Waals surface area (Å²) in [7, 11) is -3.86. The van der Waals surface area contributed by atoms with Crippen molar-refractivity contribution < 1.29 is 18.3 Å². The molecule has 1 heterocycles. The van der Waals surface area contributed by atoms with Crippen LogP contribution in [0.4, 0.5) is 0 Å². The number of hydrogen-bond donors (Lipinski definition) is 1. The Kier molecular flexibility index (Phi) is 4.60. The lowest BCUT2D eigenvalue weighted by Gasteiger charge is -2.23. The minimum absolute atomic E-state index is 0.122. The highest BCUT2D eigenvalue weighted by atomic mass is 32.2. The third-order valence-electron chi connectivity index (χ3n) is 2.17. The van der Waals surface area contributed by atoms with Crippen molar-refractivity contribution in [3.8, 4) is 0 Å². The zero-order valence-electron chi connectivity index (χ0n) is 10.0.